The number of carbonyl (C=O) groups is 2. The molecule has 1 heterocycles. The summed E-state index contributed by atoms with van der Waals surface area (Å²) in [6, 6.07) is 14.9. The number of para-hydroxylation sites is 1. The van der Waals surface area contributed by atoms with Gasteiger partial charge in [0.15, 0.2) is 0 Å². The van der Waals surface area contributed by atoms with E-state index in [0.29, 0.717) is 30.2 Å². The van der Waals surface area contributed by atoms with Gasteiger partial charge in [-0.2, -0.15) is 0 Å². The molecule has 0 saturated carbocycles. The first kappa shape index (κ1) is 16.0. The van der Waals surface area contributed by atoms with Crippen molar-refractivity contribution in [2.75, 3.05) is 25.2 Å². The lowest BCUT2D eigenvalue weighted by Crippen LogP contribution is -2.30. The maximum absolute atomic E-state index is 12.6. The topological polar surface area (TPSA) is 67.9 Å². The van der Waals surface area contributed by atoms with Crippen molar-refractivity contribution in [3.8, 4) is 5.75 Å². The number of nitrogens with one attached hydrogen (secondary N) is 1. The number of urea groups is 1. The van der Waals surface area contributed by atoms with Gasteiger partial charge in [-0.15, -0.1) is 0 Å². The number of methoxy groups -OCH3 is 1. The van der Waals surface area contributed by atoms with Crippen molar-refractivity contribution in [3.05, 3.63) is 60.2 Å². The minimum Gasteiger partial charge on any atom is -0.491 e. The summed E-state index contributed by atoms with van der Waals surface area (Å²) in [5.41, 5.74) is 1.27. The second-order valence-corrected chi connectivity index (χ2v) is 5.30. The Kier molecular flexibility index (Phi) is 4.77. The predicted molar refractivity (Wildman–Crippen MR) is 89.0 cm³/mol. The molecule has 1 aliphatic rings. The number of anilines is 1. The average Bonchev–Trinajstić information content (AvgIpc) is 2.91. The number of hydrogen-bond donors (Lipinski definition) is 1. The van der Waals surface area contributed by atoms with Crippen molar-refractivity contribution < 1.29 is 19.1 Å². The normalized spacial score (nSPS) is 17.0. The summed E-state index contributed by atoms with van der Waals surface area (Å²) in [4.78, 5) is 25.9. The number of ether oxygens (including phenoxy) is 2. The molecular formula is C18H18N2O4. The smallest absolute Gasteiger partial charge is 0.329 e. The summed E-state index contributed by atoms with van der Waals surface area (Å²) in [5, 5.41) is 2.72. The fourth-order valence-corrected chi connectivity index (χ4v) is 2.53. The van der Waals surface area contributed by atoms with Gasteiger partial charge in [-0.05, 0) is 29.8 Å². The molecule has 6 heteroatoms. The third-order valence-corrected chi connectivity index (χ3v) is 3.72. The van der Waals surface area contributed by atoms with Crippen LogP contribution in [-0.2, 0) is 9.53 Å². The Morgan fingerprint density at radius 2 is 1.71 bits per heavy atom. The zero-order valence-electron chi connectivity index (χ0n) is 13.3. The summed E-state index contributed by atoms with van der Waals surface area (Å²) >= 11 is 0. The van der Waals surface area contributed by atoms with E-state index in [1.54, 1.807) is 55.6 Å². The molecule has 3 amide bonds. The van der Waals surface area contributed by atoms with Gasteiger partial charge in [-0.1, -0.05) is 30.3 Å². The Hall–Kier alpha value is -2.86. The number of carbonyl (C=O) groups excluding carboxylic acids is 2. The van der Waals surface area contributed by atoms with Crippen molar-refractivity contribution in [2.45, 2.75) is 6.04 Å². The Morgan fingerprint density at radius 1 is 1.00 bits per heavy atom. The second-order valence-electron chi connectivity index (χ2n) is 5.30. The Bertz CT molecular complexity index is 716. The predicted octanol–water partition coefficient (Wildman–Crippen LogP) is 2.51. The summed E-state index contributed by atoms with van der Waals surface area (Å²) in [6.45, 7) is 0.960. The maximum atomic E-state index is 12.6. The fourth-order valence-electron chi connectivity index (χ4n) is 2.53. The molecule has 0 spiro atoms. The van der Waals surface area contributed by atoms with E-state index < -0.39 is 12.1 Å². The average molecular weight is 326 g/mol. The molecule has 2 aromatic rings. The number of nitrogens with zero attached hydrogens (tertiary/aromatic N) is 1. The molecule has 2 aromatic carbocycles. The van der Waals surface area contributed by atoms with E-state index >= 15 is 0 Å². The first-order valence-corrected chi connectivity index (χ1v) is 7.62. The quantitative estimate of drug-likeness (QED) is 0.654. The van der Waals surface area contributed by atoms with E-state index in [1.165, 1.54) is 0 Å². The minimum atomic E-state index is -0.689. The lowest BCUT2D eigenvalue weighted by molar-refractivity contribution is -0.118. The standard InChI is InChI=1S/C18H18N2O4/c1-23-11-12-24-15-9-7-13(8-10-15)16-17(21)20(18(22)19-16)14-5-3-2-4-6-14/h2-10,16H,11-12H2,1H3,(H,19,22)/t16-/m1/s1. The number of hydrogen-bond acceptors (Lipinski definition) is 4. The third-order valence-electron chi connectivity index (χ3n) is 3.72. The van der Waals surface area contributed by atoms with Crippen molar-refractivity contribution in [3.63, 3.8) is 0 Å². The van der Waals surface area contributed by atoms with Crippen LogP contribution < -0.4 is 15.0 Å². The molecule has 24 heavy (non-hydrogen) atoms. The molecule has 1 aliphatic heterocycles. The summed E-state index contributed by atoms with van der Waals surface area (Å²) in [5.74, 6) is 0.395. The third kappa shape index (κ3) is 3.23. The second kappa shape index (κ2) is 7.14. The molecule has 1 saturated heterocycles. The molecule has 0 aliphatic carbocycles. The van der Waals surface area contributed by atoms with Crippen LogP contribution >= 0.6 is 0 Å². The van der Waals surface area contributed by atoms with Crippen molar-refractivity contribution in [1.82, 2.24) is 5.32 Å². The number of benzene rings is 2. The first-order valence-electron chi connectivity index (χ1n) is 7.62. The van der Waals surface area contributed by atoms with Crippen LogP contribution in [0, 0.1) is 0 Å². The van der Waals surface area contributed by atoms with Gasteiger partial charge in [0.05, 0.1) is 12.3 Å². The van der Waals surface area contributed by atoms with E-state index in [1.807, 2.05) is 6.07 Å². The highest BCUT2D eigenvalue weighted by Crippen LogP contribution is 2.27. The van der Waals surface area contributed by atoms with E-state index in [4.69, 9.17) is 9.47 Å². The maximum Gasteiger partial charge on any atom is 0.329 e. The lowest BCUT2D eigenvalue weighted by atomic mass is 10.1. The summed E-state index contributed by atoms with van der Waals surface area (Å²) in [6.07, 6.45) is 0. The van der Waals surface area contributed by atoms with Crippen LogP contribution in [0.2, 0.25) is 0 Å². The van der Waals surface area contributed by atoms with Gasteiger partial charge >= 0.3 is 6.03 Å². The molecule has 6 nitrogen and oxygen atoms in total. The van der Waals surface area contributed by atoms with Crippen LogP contribution in [0.25, 0.3) is 0 Å². The zero-order valence-corrected chi connectivity index (χ0v) is 13.3. The van der Waals surface area contributed by atoms with E-state index in [9.17, 15) is 9.59 Å². The number of rotatable bonds is 6. The molecule has 3 rings (SSSR count). The molecule has 0 unspecified atom stereocenters. The van der Waals surface area contributed by atoms with Gasteiger partial charge in [0.1, 0.15) is 18.4 Å². The van der Waals surface area contributed by atoms with Crippen LogP contribution in [0.4, 0.5) is 10.5 Å². The van der Waals surface area contributed by atoms with E-state index in [2.05, 4.69) is 5.32 Å². The van der Waals surface area contributed by atoms with Gasteiger partial charge in [0.2, 0.25) is 0 Å². The minimum absolute atomic E-state index is 0.292. The molecule has 1 fully saturated rings. The molecule has 0 bridgehead atoms. The molecular weight excluding hydrogens is 308 g/mol. The van der Waals surface area contributed by atoms with Crippen molar-refractivity contribution >= 4 is 17.6 Å². The highest BCUT2D eigenvalue weighted by atomic mass is 16.5. The van der Waals surface area contributed by atoms with E-state index in [0.717, 1.165) is 4.90 Å². The fraction of sp³-hybridized carbons (Fsp3) is 0.222. The summed E-state index contributed by atoms with van der Waals surface area (Å²) in [7, 11) is 1.61. The van der Waals surface area contributed by atoms with Crippen molar-refractivity contribution in [2.24, 2.45) is 0 Å². The molecule has 1 atom stereocenters. The first-order chi connectivity index (χ1) is 11.7. The lowest BCUT2D eigenvalue weighted by Gasteiger charge is -2.13. The van der Waals surface area contributed by atoms with Crippen LogP contribution in [0.3, 0.4) is 0 Å². The van der Waals surface area contributed by atoms with Gasteiger partial charge in [-0.25, -0.2) is 9.69 Å². The van der Waals surface area contributed by atoms with Crippen LogP contribution in [0.1, 0.15) is 11.6 Å². The van der Waals surface area contributed by atoms with Gasteiger partial charge in [-0.3, -0.25) is 4.79 Å². The van der Waals surface area contributed by atoms with Crippen LogP contribution in [-0.4, -0.2) is 32.3 Å². The van der Waals surface area contributed by atoms with Gasteiger partial charge in [0.25, 0.3) is 5.91 Å². The molecule has 124 valence electrons. The molecule has 0 aromatic heterocycles. The Morgan fingerprint density at radius 3 is 2.38 bits per heavy atom. The van der Waals surface area contributed by atoms with E-state index in [-0.39, 0.29) is 5.91 Å². The Labute approximate surface area is 140 Å². The van der Waals surface area contributed by atoms with Gasteiger partial charge < -0.3 is 14.8 Å². The molecule has 0 radical (unpaired) electrons. The summed E-state index contributed by atoms with van der Waals surface area (Å²) < 4.78 is 10.4. The number of amides is 3. The largest absolute Gasteiger partial charge is 0.491 e. The number of imide groups is 1. The SMILES string of the molecule is COCCOc1ccc([C@H]2NC(=O)N(c3ccccc3)C2=O)cc1. The van der Waals surface area contributed by atoms with Gasteiger partial charge in [0, 0.05) is 7.11 Å². The highest BCUT2D eigenvalue weighted by molar-refractivity contribution is 6.21. The van der Waals surface area contributed by atoms with Crippen LogP contribution in [0.5, 0.6) is 5.75 Å². The van der Waals surface area contributed by atoms with Crippen molar-refractivity contribution in [1.29, 1.82) is 0 Å². The highest BCUT2D eigenvalue weighted by Gasteiger charge is 2.39. The Balaban J connectivity index is 1.74. The monoisotopic (exact) mass is 326 g/mol. The molecule has 1 N–H and O–H groups in total. The van der Waals surface area contributed by atoms with Crippen LogP contribution in [0.15, 0.2) is 54.6 Å². The zero-order chi connectivity index (χ0) is 16.9.